The van der Waals surface area contributed by atoms with E-state index in [4.69, 9.17) is 9.47 Å². The SMILES string of the molecule is CC/C=C\C/C=C\C/C=C\C/C=C\C/C=C\C/C=C\C/C=C\C/C=C\C/C=C\C/C=C\C/C=C\C/C=C\CCCCC(=O)OC(CO)COC(=O)CCCC/C=C\C/C=C\C/C=C\C/C=C\CC. The maximum Gasteiger partial charge on any atom is 0.306 e. The predicted molar refractivity (Wildman–Crippen MR) is 296 cm³/mol. The molecule has 0 aromatic heterocycles. The molecule has 0 aliphatic heterocycles. The number of carbonyl (C=O) groups excluding carboxylic acids is 2. The Morgan fingerprint density at radius 2 is 0.574 bits per heavy atom. The van der Waals surface area contributed by atoms with Crippen molar-refractivity contribution in [2.45, 2.75) is 174 Å². The number of aliphatic hydroxyl groups is 1. The Morgan fingerprint density at radius 1 is 0.338 bits per heavy atom. The molecule has 0 saturated heterocycles. The van der Waals surface area contributed by atoms with Crippen LogP contribution >= 0.6 is 0 Å². The second-order valence-corrected chi connectivity index (χ2v) is 16.1. The Kier molecular flexibility index (Phi) is 51.7. The fourth-order valence-corrected chi connectivity index (χ4v) is 6.05. The zero-order valence-electron chi connectivity index (χ0n) is 42.5. The fourth-order valence-electron chi connectivity index (χ4n) is 6.05. The number of aliphatic hydroxyl groups excluding tert-OH is 1. The summed E-state index contributed by atoms with van der Waals surface area (Å²) in [6.07, 6.45) is 91.0. The summed E-state index contributed by atoms with van der Waals surface area (Å²) >= 11 is 0. The van der Waals surface area contributed by atoms with Crippen LogP contribution in [0.1, 0.15) is 168 Å². The molecule has 0 radical (unpaired) electrons. The lowest BCUT2D eigenvalue weighted by Gasteiger charge is -2.15. The van der Waals surface area contributed by atoms with E-state index in [0.717, 1.165) is 135 Å². The highest BCUT2D eigenvalue weighted by atomic mass is 16.6. The number of ether oxygens (including phenoxy) is 2. The van der Waals surface area contributed by atoms with Gasteiger partial charge in [0.2, 0.25) is 0 Å². The van der Waals surface area contributed by atoms with Gasteiger partial charge in [-0.1, -0.05) is 208 Å². The topological polar surface area (TPSA) is 72.8 Å². The van der Waals surface area contributed by atoms with Crippen molar-refractivity contribution in [1.82, 2.24) is 0 Å². The lowest BCUT2D eigenvalue weighted by Crippen LogP contribution is -2.28. The number of esters is 2. The number of carbonyl (C=O) groups is 2. The van der Waals surface area contributed by atoms with Gasteiger partial charge in [-0.25, -0.2) is 0 Å². The highest BCUT2D eigenvalue weighted by Gasteiger charge is 2.16. The van der Waals surface area contributed by atoms with E-state index < -0.39 is 6.10 Å². The zero-order valence-corrected chi connectivity index (χ0v) is 42.5. The summed E-state index contributed by atoms with van der Waals surface area (Å²) in [5.41, 5.74) is 0. The molecule has 0 amide bonds. The van der Waals surface area contributed by atoms with Gasteiger partial charge in [0, 0.05) is 12.8 Å². The molecule has 0 fully saturated rings. The number of unbranched alkanes of at least 4 members (excludes halogenated alkanes) is 4. The van der Waals surface area contributed by atoms with E-state index in [-0.39, 0.29) is 31.6 Å². The molecule has 374 valence electrons. The summed E-state index contributed by atoms with van der Waals surface area (Å²) in [6.45, 7) is 3.81. The van der Waals surface area contributed by atoms with Crippen LogP contribution in [0.2, 0.25) is 0 Å². The Morgan fingerprint density at radius 3 is 0.824 bits per heavy atom. The third-order valence-corrected chi connectivity index (χ3v) is 9.88. The molecule has 1 atom stereocenters. The molecule has 0 rings (SSSR count). The Balaban J connectivity index is 3.77. The standard InChI is InChI=1S/C63H92O5/c1-3-5-7-9-11-13-15-17-19-20-21-22-23-24-25-26-27-28-29-30-31-32-33-34-35-36-37-38-39-40-41-42-44-46-48-50-52-54-56-58-63(66)68-61(59-64)60-67-62(65)57-55-53-51-49-47-45-43-18-16-14-12-10-8-6-4-2/h5-8,11-14,17-19,21-22,24-25,27-28,30-31,33-34,36-37,39-40,42-44,47-50,61,64H,3-4,9-10,15-16,20,23,26,29,32,35,38,41,45-46,51-60H2,1-2H3/b7-5-,8-6-,13-11-,14-12-,19-17-,22-21-,25-24-,28-27-,31-30-,34-33-,37-36-,40-39-,43-18-,44-42-,49-47-,50-48-. The van der Waals surface area contributed by atoms with Crippen LogP contribution in [0, 0.1) is 0 Å². The average molecular weight is 929 g/mol. The first-order valence-corrected chi connectivity index (χ1v) is 26.0. The fraction of sp³-hybridized carbons (Fsp3) is 0.460. The summed E-state index contributed by atoms with van der Waals surface area (Å²) < 4.78 is 10.6. The average Bonchev–Trinajstić information content (AvgIpc) is 3.34. The lowest BCUT2D eigenvalue weighted by atomic mass is 10.1. The van der Waals surface area contributed by atoms with Crippen LogP contribution in [0.4, 0.5) is 0 Å². The molecule has 0 spiro atoms. The van der Waals surface area contributed by atoms with Gasteiger partial charge in [0.1, 0.15) is 6.61 Å². The van der Waals surface area contributed by atoms with E-state index in [2.05, 4.69) is 208 Å². The van der Waals surface area contributed by atoms with E-state index >= 15 is 0 Å². The van der Waals surface area contributed by atoms with Gasteiger partial charge < -0.3 is 14.6 Å². The predicted octanol–water partition coefficient (Wildman–Crippen LogP) is 17.7. The monoisotopic (exact) mass is 929 g/mol. The summed E-state index contributed by atoms with van der Waals surface area (Å²) in [5, 5.41) is 9.60. The largest absolute Gasteiger partial charge is 0.462 e. The van der Waals surface area contributed by atoms with E-state index in [1.165, 1.54) is 0 Å². The van der Waals surface area contributed by atoms with Crippen LogP contribution in [-0.2, 0) is 19.1 Å². The minimum atomic E-state index is -0.828. The molecule has 0 aromatic carbocycles. The highest BCUT2D eigenvalue weighted by Crippen LogP contribution is 2.08. The Hall–Kier alpha value is -5.26. The molecule has 1 N–H and O–H groups in total. The molecule has 0 heterocycles. The van der Waals surface area contributed by atoms with Gasteiger partial charge in [-0.3, -0.25) is 9.59 Å². The summed E-state index contributed by atoms with van der Waals surface area (Å²) in [6, 6.07) is 0. The van der Waals surface area contributed by atoms with Crippen LogP contribution in [0.25, 0.3) is 0 Å². The van der Waals surface area contributed by atoms with Gasteiger partial charge >= 0.3 is 11.9 Å². The molecule has 1 unspecified atom stereocenters. The van der Waals surface area contributed by atoms with Gasteiger partial charge in [0.05, 0.1) is 6.61 Å². The van der Waals surface area contributed by atoms with Crippen molar-refractivity contribution in [1.29, 1.82) is 0 Å². The highest BCUT2D eigenvalue weighted by molar-refractivity contribution is 5.70. The summed E-state index contributed by atoms with van der Waals surface area (Å²) in [7, 11) is 0. The lowest BCUT2D eigenvalue weighted by molar-refractivity contribution is -0.161. The van der Waals surface area contributed by atoms with Crippen molar-refractivity contribution in [3.05, 3.63) is 194 Å². The smallest absolute Gasteiger partial charge is 0.306 e. The second kappa shape index (κ2) is 56.1. The van der Waals surface area contributed by atoms with Crippen molar-refractivity contribution in [3.63, 3.8) is 0 Å². The quantitative estimate of drug-likeness (QED) is 0.0374. The molecule has 5 nitrogen and oxygen atoms in total. The first kappa shape index (κ1) is 62.7. The van der Waals surface area contributed by atoms with Crippen molar-refractivity contribution in [2.75, 3.05) is 13.2 Å². The van der Waals surface area contributed by atoms with Crippen LogP contribution in [-0.4, -0.2) is 36.4 Å². The summed E-state index contributed by atoms with van der Waals surface area (Å²) in [4.78, 5) is 24.4. The number of hydrogen-bond acceptors (Lipinski definition) is 5. The molecular weight excluding hydrogens is 837 g/mol. The number of allylic oxidation sites excluding steroid dienone is 32. The maximum atomic E-state index is 12.2. The van der Waals surface area contributed by atoms with Gasteiger partial charge in [-0.15, -0.1) is 0 Å². The molecule has 0 aliphatic carbocycles. The minimum Gasteiger partial charge on any atom is -0.462 e. The van der Waals surface area contributed by atoms with Crippen LogP contribution in [0.5, 0.6) is 0 Å². The third-order valence-electron chi connectivity index (χ3n) is 9.88. The van der Waals surface area contributed by atoms with Crippen molar-refractivity contribution >= 4 is 11.9 Å². The van der Waals surface area contributed by atoms with Crippen LogP contribution in [0.15, 0.2) is 194 Å². The first-order chi connectivity index (χ1) is 33.6. The second-order valence-electron chi connectivity index (χ2n) is 16.1. The molecule has 0 saturated carbocycles. The third kappa shape index (κ3) is 53.4. The first-order valence-electron chi connectivity index (χ1n) is 26.0. The Bertz CT molecular complexity index is 1660. The van der Waals surface area contributed by atoms with E-state index in [1.807, 2.05) is 0 Å². The Labute approximate surface area is 416 Å². The summed E-state index contributed by atoms with van der Waals surface area (Å²) in [5.74, 6) is -0.712. The van der Waals surface area contributed by atoms with Crippen molar-refractivity contribution in [2.24, 2.45) is 0 Å². The molecule has 0 aliphatic rings. The van der Waals surface area contributed by atoms with Crippen molar-refractivity contribution in [3.8, 4) is 0 Å². The van der Waals surface area contributed by atoms with Crippen molar-refractivity contribution < 1.29 is 24.2 Å². The van der Waals surface area contributed by atoms with Gasteiger partial charge in [0.15, 0.2) is 6.10 Å². The van der Waals surface area contributed by atoms with Crippen LogP contribution in [0.3, 0.4) is 0 Å². The molecule has 0 aromatic rings. The van der Waals surface area contributed by atoms with Gasteiger partial charge in [-0.05, 0) is 141 Å². The van der Waals surface area contributed by atoms with Crippen LogP contribution < -0.4 is 0 Å². The molecular formula is C63H92O5. The van der Waals surface area contributed by atoms with Gasteiger partial charge in [0.25, 0.3) is 0 Å². The molecule has 5 heteroatoms. The van der Waals surface area contributed by atoms with Gasteiger partial charge in [-0.2, -0.15) is 0 Å². The molecule has 68 heavy (non-hydrogen) atoms. The number of hydrogen-bond donors (Lipinski definition) is 1. The molecule has 0 bridgehead atoms. The number of rotatable bonds is 44. The van der Waals surface area contributed by atoms with E-state index in [1.54, 1.807) is 0 Å². The van der Waals surface area contributed by atoms with E-state index in [9.17, 15) is 14.7 Å². The van der Waals surface area contributed by atoms with E-state index in [0.29, 0.717) is 12.8 Å². The maximum absolute atomic E-state index is 12.2. The minimum absolute atomic E-state index is 0.119. The normalized spacial score (nSPS) is 13.9. The zero-order chi connectivity index (χ0) is 49.2.